The lowest BCUT2D eigenvalue weighted by Gasteiger charge is -2.30. The van der Waals surface area contributed by atoms with E-state index in [1.807, 2.05) is 31.0 Å². The maximum absolute atomic E-state index is 14.2. The molecule has 4 N–H and O–H groups in total. The number of benzene rings is 2. The van der Waals surface area contributed by atoms with Crippen molar-refractivity contribution in [3.8, 4) is 6.07 Å². The van der Waals surface area contributed by atoms with Crippen molar-refractivity contribution >= 4 is 17.1 Å². The number of nitriles is 1. The van der Waals surface area contributed by atoms with Crippen LogP contribution in [0.3, 0.4) is 0 Å². The van der Waals surface area contributed by atoms with Gasteiger partial charge in [-0.3, -0.25) is 0 Å². The van der Waals surface area contributed by atoms with Gasteiger partial charge in [0.25, 0.3) is 0 Å². The van der Waals surface area contributed by atoms with Crippen LogP contribution < -0.4 is 20.9 Å². The Bertz CT molecular complexity index is 957. The monoisotopic (exact) mass is 423 g/mol. The van der Waals surface area contributed by atoms with Crippen LogP contribution >= 0.6 is 0 Å². The topological polar surface area (TPSA) is 88.6 Å². The summed E-state index contributed by atoms with van der Waals surface area (Å²) in [5.41, 5.74) is 10.2. The molecule has 1 aliphatic heterocycles. The maximum atomic E-state index is 14.2. The van der Waals surface area contributed by atoms with Crippen molar-refractivity contribution < 1.29 is 9.50 Å². The summed E-state index contributed by atoms with van der Waals surface area (Å²) in [4.78, 5) is 4.32. The van der Waals surface area contributed by atoms with E-state index < -0.39 is 5.82 Å². The molecule has 3 rings (SSSR count). The summed E-state index contributed by atoms with van der Waals surface area (Å²) in [5.74, 6) is -0.544. The van der Waals surface area contributed by atoms with E-state index in [0.717, 1.165) is 44.7 Å². The van der Waals surface area contributed by atoms with Gasteiger partial charge in [0.05, 0.1) is 11.3 Å². The van der Waals surface area contributed by atoms with E-state index in [1.165, 1.54) is 17.8 Å². The van der Waals surface area contributed by atoms with Crippen LogP contribution in [-0.4, -0.2) is 45.4 Å². The average molecular weight is 424 g/mol. The zero-order valence-electron chi connectivity index (χ0n) is 18.3. The molecule has 0 aromatic heterocycles. The quantitative estimate of drug-likeness (QED) is 0.641. The van der Waals surface area contributed by atoms with Gasteiger partial charge in [-0.2, -0.15) is 5.26 Å². The highest BCUT2D eigenvalue weighted by molar-refractivity contribution is 5.81. The van der Waals surface area contributed by atoms with Crippen molar-refractivity contribution in [3.63, 3.8) is 0 Å². The molecule has 0 spiro atoms. The van der Waals surface area contributed by atoms with Crippen LogP contribution in [0.1, 0.15) is 18.1 Å². The number of piperazine rings is 1. The second kappa shape index (κ2) is 11.7. The smallest absolute Gasteiger partial charge is 0.141 e. The number of hydrogen-bond acceptors (Lipinski definition) is 6. The highest BCUT2D eigenvalue weighted by atomic mass is 19.1. The third-order valence-electron chi connectivity index (χ3n) is 5.10. The molecule has 164 valence electrons. The summed E-state index contributed by atoms with van der Waals surface area (Å²) < 4.78 is 14.2. The number of nitrogens with two attached hydrogens (primary N) is 1. The van der Waals surface area contributed by atoms with Gasteiger partial charge in [0.15, 0.2) is 0 Å². The van der Waals surface area contributed by atoms with Gasteiger partial charge in [0.2, 0.25) is 0 Å². The van der Waals surface area contributed by atoms with Gasteiger partial charge in [0.1, 0.15) is 11.9 Å². The molecule has 6 nitrogen and oxygen atoms in total. The average Bonchev–Trinajstić information content (AvgIpc) is 2.83. The standard InChI is InChI=1S/C23H26FN5.CH4O/c1-3-19(26)15-23(17-4-5-18(16-25)22(24)14-17)28(2)20-6-8-21(9-7-20)29-12-10-27-11-13-29;1-2/h3-9,14-15,27H,10-13,26H2,1-2H3;2H,1H3/b19-3+,23-15-;. The van der Waals surface area contributed by atoms with Gasteiger partial charge in [0, 0.05) is 63.0 Å². The van der Waals surface area contributed by atoms with E-state index in [9.17, 15) is 4.39 Å². The number of aliphatic hydroxyl groups excluding tert-OH is 1. The molecular formula is C24H30FN5O. The molecular weight excluding hydrogens is 393 g/mol. The Morgan fingerprint density at radius 1 is 1.19 bits per heavy atom. The fourth-order valence-electron chi connectivity index (χ4n) is 3.33. The Balaban J connectivity index is 0.00000166. The van der Waals surface area contributed by atoms with Crippen LogP contribution in [-0.2, 0) is 0 Å². The molecule has 0 aliphatic carbocycles. The van der Waals surface area contributed by atoms with Crippen LogP contribution in [0.5, 0.6) is 0 Å². The lowest BCUT2D eigenvalue weighted by atomic mass is 10.1. The second-order valence-corrected chi connectivity index (χ2v) is 6.94. The Labute approximate surface area is 183 Å². The molecule has 7 heteroatoms. The van der Waals surface area contributed by atoms with E-state index in [1.54, 1.807) is 12.1 Å². The SMILES string of the molecule is C/C=C(N)\C=C(\c1ccc(C#N)c(F)c1)N(C)c1ccc(N2CCNCC2)cc1.CO. The first kappa shape index (κ1) is 23.9. The molecule has 0 amide bonds. The number of halogens is 1. The van der Waals surface area contributed by atoms with Crippen LogP contribution in [0.15, 0.2) is 60.3 Å². The van der Waals surface area contributed by atoms with Crippen molar-refractivity contribution in [3.05, 3.63) is 77.3 Å². The number of aliphatic hydroxyl groups is 1. The van der Waals surface area contributed by atoms with Crippen molar-refractivity contribution in [1.29, 1.82) is 5.26 Å². The highest BCUT2D eigenvalue weighted by Gasteiger charge is 2.15. The van der Waals surface area contributed by atoms with E-state index in [0.29, 0.717) is 11.3 Å². The fraction of sp³-hybridized carbons (Fsp3) is 0.292. The molecule has 31 heavy (non-hydrogen) atoms. The highest BCUT2D eigenvalue weighted by Crippen LogP contribution is 2.28. The Kier molecular flexibility index (Phi) is 9.07. The first-order chi connectivity index (χ1) is 15.0. The van der Waals surface area contributed by atoms with Crippen LogP contribution in [0.25, 0.3) is 5.70 Å². The van der Waals surface area contributed by atoms with E-state index in [2.05, 4.69) is 34.5 Å². The molecule has 1 fully saturated rings. The summed E-state index contributed by atoms with van der Waals surface area (Å²) in [7, 11) is 2.92. The van der Waals surface area contributed by atoms with Gasteiger partial charge < -0.3 is 26.0 Å². The molecule has 1 heterocycles. The van der Waals surface area contributed by atoms with Crippen LogP contribution in [0, 0.1) is 17.1 Å². The van der Waals surface area contributed by atoms with Crippen LogP contribution in [0.2, 0.25) is 0 Å². The number of allylic oxidation sites excluding steroid dienone is 2. The van der Waals surface area contributed by atoms with Gasteiger partial charge in [-0.25, -0.2) is 4.39 Å². The van der Waals surface area contributed by atoms with Gasteiger partial charge in [-0.15, -0.1) is 0 Å². The molecule has 1 saturated heterocycles. The Morgan fingerprint density at radius 2 is 1.84 bits per heavy atom. The number of hydrogen-bond donors (Lipinski definition) is 3. The minimum atomic E-state index is -0.544. The molecule has 2 aromatic rings. The lowest BCUT2D eigenvalue weighted by Crippen LogP contribution is -2.43. The van der Waals surface area contributed by atoms with Crippen molar-refractivity contribution in [2.24, 2.45) is 5.73 Å². The summed E-state index contributed by atoms with van der Waals surface area (Å²) in [6, 6.07) is 14.8. The maximum Gasteiger partial charge on any atom is 0.141 e. The minimum Gasteiger partial charge on any atom is -0.400 e. The molecule has 0 unspecified atom stereocenters. The fourth-order valence-corrected chi connectivity index (χ4v) is 3.33. The third kappa shape index (κ3) is 6.07. The van der Waals surface area contributed by atoms with Crippen molar-refractivity contribution in [1.82, 2.24) is 5.32 Å². The van der Waals surface area contributed by atoms with Crippen LogP contribution in [0.4, 0.5) is 15.8 Å². The number of anilines is 2. The Morgan fingerprint density at radius 3 is 2.39 bits per heavy atom. The number of nitrogens with zero attached hydrogens (tertiary/aromatic N) is 3. The molecule has 0 radical (unpaired) electrons. The predicted molar refractivity (Wildman–Crippen MR) is 125 cm³/mol. The van der Waals surface area contributed by atoms with Gasteiger partial charge >= 0.3 is 0 Å². The van der Waals surface area contributed by atoms with Gasteiger partial charge in [-0.05, 0) is 49.4 Å². The summed E-state index contributed by atoms with van der Waals surface area (Å²) >= 11 is 0. The number of nitrogens with one attached hydrogen (secondary N) is 1. The van der Waals surface area contributed by atoms with E-state index in [4.69, 9.17) is 16.1 Å². The normalized spacial score (nSPS) is 14.4. The predicted octanol–water partition coefficient (Wildman–Crippen LogP) is 3.06. The first-order valence-electron chi connectivity index (χ1n) is 10.1. The lowest BCUT2D eigenvalue weighted by molar-refractivity contribution is 0.399. The first-order valence-corrected chi connectivity index (χ1v) is 10.1. The van der Waals surface area contributed by atoms with Crippen molar-refractivity contribution in [2.75, 3.05) is 50.1 Å². The largest absolute Gasteiger partial charge is 0.400 e. The Hall–Kier alpha value is -3.34. The second-order valence-electron chi connectivity index (χ2n) is 6.94. The minimum absolute atomic E-state index is 0.0233. The molecule has 0 bridgehead atoms. The molecule has 0 atom stereocenters. The van der Waals surface area contributed by atoms with E-state index >= 15 is 0 Å². The summed E-state index contributed by atoms with van der Waals surface area (Å²) in [5, 5.41) is 19.4. The zero-order chi connectivity index (χ0) is 22.8. The summed E-state index contributed by atoms with van der Waals surface area (Å²) in [6.07, 6.45) is 3.60. The third-order valence-corrected chi connectivity index (χ3v) is 5.10. The molecule has 2 aromatic carbocycles. The number of rotatable bonds is 5. The van der Waals surface area contributed by atoms with E-state index in [-0.39, 0.29) is 5.56 Å². The molecule has 1 aliphatic rings. The van der Waals surface area contributed by atoms with Gasteiger partial charge in [-0.1, -0.05) is 12.1 Å². The molecule has 0 saturated carbocycles. The van der Waals surface area contributed by atoms with Crippen molar-refractivity contribution in [2.45, 2.75) is 6.92 Å². The summed E-state index contributed by atoms with van der Waals surface area (Å²) in [6.45, 7) is 5.80. The zero-order valence-corrected chi connectivity index (χ0v) is 18.3.